The molecular weight excluding hydrogens is 234 g/mol. The number of carbonyl (C=O) groups excluding carboxylic acids is 1. The van der Waals surface area contributed by atoms with Gasteiger partial charge >= 0.3 is 0 Å². The van der Waals surface area contributed by atoms with Crippen molar-refractivity contribution < 1.29 is 9.53 Å². The Labute approximate surface area is 103 Å². The fourth-order valence-electron chi connectivity index (χ4n) is 1.95. The summed E-state index contributed by atoms with van der Waals surface area (Å²) in [5.74, 6) is -0.203. The van der Waals surface area contributed by atoms with E-state index in [2.05, 4.69) is 5.32 Å². The summed E-state index contributed by atoms with van der Waals surface area (Å²) >= 11 is 4.81. The largest absolute Gasteiger partial charge is 0.452 e. The third-order valence-corrected chi connectivity index (χ3v) is 2.96. The molecule has 1 N–H and O–H groups in total. The van der Waals surface area contributed by atoms with Crippen LogP contribution in [0.4, 0.5) is 0 Å². The van der Waals surface area contributed by atoms with E-state index >= 15 is 0 Å². The zero-order valence-corrected chi connectivity index (χ0v) is 9.66. The van der Waals surface area contributed by atoms with E-state index in [1.807, 2.05) is 42.5 Å². The van der Waals surface area contributed by atoms with Crippen molar-refractivity contribution in [2.45, 2.75) is 6.10 Å². The molecule has 3 rings (SSSR count). The summed E-state index contributed by atoms with van der Waals surface area (Å²) < 4.78 is 5.28. The second-order valence-electron chi connectivity index (χ2n) is 3.88. The van der Waals surface area contributed by atoms with E-state index in [0.29, 0.717) is 0 Å². The van der Waals surface area contributed by atoms with Gasteiger partial charge in [-0.3, -0.25) is 10.1 Å². The van der Waals surface area contributed by atoms with Crippen LogP contribution in [-0.4, -0.2) is 11.1 Å². The molecular formula is C13H9NO2S. The number of benzene rings is 2. The molecule has 0 spiro atoms. The van der Waals surface area contributed by atoms with E-state index in [4.69, 9.17) is 17.0 Å². The molecule has 1 atom stereocenters. The lowest BCUT2D eigenvalue weighted by Gasteiger charge is -2.08. The molecule has 0 aliphatic carbocycles. The Bertz CT molecular complexity index is 624. The highest BCUT2D eigenvalue weighted by Gasteiger charge is 2.31. The number of carbonyl (C=O) groups is 1. The first-order chi connectivity index (χ1) is 8.24. The van der Waals surface area contributed by atoms with Crippen molar-refractivity contribution in [3.63, 3.8) is 0 Å². The third-order valence-electron chi connectivity index (χ3n) is 2.76. The van der Waals surface area contributed by atoms with Gasteiger partial charge in [-0.05, 0) is 29.1 Å². The molecule has 0 radical (unpaired) electrons. The van der Waals surface area contributed by atoms with Crippen molar-refractivity contribution >= 4 is 34.1 Å². The van der Waals surface area contributed by atoms with Crippen molar-refractivity contribution in [2.75, 3.05) is 0 Å². The molecule has 0 saturated carbocycles. The Morgan fingerprint density at radius 2 is 1.88 bits per heavy atom. The highest BCUT2D eigenvalue weighted by Crippen LogP contribution is 2.25. The molecule has 1 aliphatic heterocycles. The van der Waals surface area contributed by atoms with Crippen LogP contribution in [0.1, 0.15) is 11.7 Å². The van der Waals surface area contributed by atoms with Crippen molar-refractivity contribution in [3.8, 4) is 0 Å². The molecule has 1 aliphatic rings. The molecule has 17 heavy (non-hydrogen) atoms. The predicted molar refractivity (Wildman–Crippen MR) is 68.5 cm³/mol. The van der Waals surface area contributed by atoms with Crippen molar-refractivity contribution in [1.29, 1.82) is 0 Å². The van der Waals surface area contributed by atoms with Gasteiger partial charge in [0.05, 0.1) is 0 Å². The van der Waals surface area contributed by atoms with E-state index in [9.17, 15) is 4.79 Å². The first-order valence-corrected chi connectivity index (χ1v) is 5.65. The van der Waals surface area contributed by atoms with Crippen LogP contribution in [0.2, 0.25) is 0 Å². The number of hydrogen-bond acceptors (Lipinski definition) is 3. The maximum atomic E-state index is 11.6. The van der Waals surface area contributed by atoms with Gasteiger partial charge in [0.25, 0.3) is 11.1 Å². The minimum Gasteiger partial charge on any atom is -0.452 e. The monoisotopic (exact) mass is 243 g/mol. The van der Waals surface area contributed by atoms with Crippen LogP contribution in [-0.2, 0) is 9.53 Å². The molecule has 0 aromatic heterocycles. The molecule has 1 amide bonds. The number of amides is 1. The molecule has 4 heteroatoms. The summed E-state index contributed by atoms with van der Waals surface area (Å²) in [6, 6.07) is 13.8. The maximum Gasteiger partial charge on any atom is 0.273 e. The molecule has 3 nitrogen and oxygen atoms in total. The normalized spacial score (nSPS) is 19.2. The third kappa shape index (κ3) is 1.76. The van der Waals surface area contributed by atoms with Crippen molar-refractivity contribution in [3.05, 3.63) is 48.0 Å². The second kappa shape index (κ2) is 3.82. The van der Waals surface area contributed by atoms with E-state index in [-0.39, 0.29) is 11.1 Å². The molecule has 1 fully saturated rings. The van der Waals surface area contributed by atoms with Crippen LogP contribution in [0, 0.1) is 0 Å². The predicted octanol–water partition coefficient (Wildman–Crippen LogP) is 2.31. The van der Waals surface area contributed by atoms with Gasteiger partial charge in [-0.1, -0.05) is 36.4 Å². The molecule has 1 unspecified atom stereocenters. The average Bonchev–Trinajstić information content (AvgIpc) is 2.68. The highest BCUT2D eigenvalue weighted by atomic mass is 32.1. The standard InChI is InChI=1S/C13H9NO2S/c15-12-11(16-13(17)14-12)10-6-5-8-3-1-2-4-9(8)7-10/h1-7,11H,(H,14,15,17). The van der Waals surface area contributed by atoms with Crippen LogP contribution in [0.25, 0.3) is 10.8 Å². The minimum absolute atomic E-state index is 0.146. The smallest absolute Gasteiger partial charge is 0.273 e. The van der Waals surface area contributed by atoms with Gasteiger partial charge in [-0.2, -0.15) is 0 Å². The topological polar surface area (TPSA) is 38.3 Å². The molecule has 2 aromatic carbocycles. The van der Waals surface area contributed by atoms with Crippen LogP contribution in [0.3, 0.4) is 0 Å². The van der Waals surface area contributed by atoms with Crippen molar-refractivity contribution in [2.24, 2.45) is 0 Å². The maximum absolute atomic E-state index is 11.6. The molecule has 1 heterocycles. The Morgan fingerprint density at radius 3 is 2.59 bits per heavy atom. The van der Waals surface area contributed by atoms with E-state index in [0.717, 1.165) is 16.3 Å². The van der Waals surface area contributed by atoms with Crippen molar-refractivity contribution in [1.82, 2.24) is 5.32 Å². The number of nitrogens with one attached hydrogen (secondary N) is 1. The Hall–Kier alpha value is -1.94. The van der Waals surface area contributed by atoms with Crippen LogP contribution >= 0.6 is 12.2 Å². The first-order valence-electron chi connectivity index (χ1n) is 5.24. The highest BCUT2D eigenvalue weighted by molar-refractivity contribution is 7.80. The van der Waals surface area contributed by atoms with Gasteiger partial charge in [0, 0.05) is 5.56 Å². The Balaban J connectivity index is 2.06. The summed E-state index contributed by atoms with van der Waals surface area (Å²) in [6.07, 6.45) is -0.618. The first kappa shape index (κ1) is 10.2. The lowest BCUT2D eigenvalue weighted by Crippen LogP contribution is -2.20. The lowest BCUT2D eigenvalue weighted by molar-refractivity contribution is -0.123. The second-order valence-corrected chi connectivity index (χ2v) is 4.25. The van der Waals surface area contributed by atoms with E-state index < -0.39 is 6.10 Å². The summed E-state index contributed by atoms with van der Waals surface area (Å²) in [7, 11) is 0. The van der Waals surface area contributed by atoms with Crippen LogP contribution in [0.15, 0.2) is 42.5 Å². The average molecular weight is 243 g/mol. The zero-order valence-electron chi connectivity index (χ0n) is 8.84. The lowest BCUT2D eigenvalue weighted by atomic mass is 10.0. The molecule has 0 bridgehead atoms. The number of rotatable bonds is 1. The fraction of sp³-hybridized carbons (Fsp3) is 0.0769. The van der Waals surface area contributed by atoms with Gasteiger partial charge < -0.3 is 4.74 Å². The van der Waals surface area contributed by atoms with Gasteiger partial charge in [0.2, 0.25) is 6.10 Å². The Morgan fingerprint density at radius 1 is 1.12 bits per heavy atom. The van der Waals surface area contributed by atoms with Gasteiger partial charge in [0.15, 0.2) is 0 Å². The number of thiocarbonyl (C=S) groups is 1. The van der Waals surface area contributed by atoms with Gasteiger partial charge in [-0.15, -0.1) is 0 Å². The van der Waals surface area contributed by atoms with Gasteiger partial charge in [-0.25, -0.2) is 0 Å². The van der Waals surface area contributed by atoms with E-state index in [1.54, 1.807) is 0 Å². The molecule has 2 aromatic rings. The minimum atomic E-state index is -0.618. The summed E-state index contributed by atoms with van der Waals surface area (Å²) in [4.78, 5) is 11.6. The van der Waals surface area contributed by atoms with E-state index in [1.165, 1.54) is 0 Å². The van der Waals surface area contributed by atoms with Crippen LogP contribution in [0.5, 0.6) is 0 Å². The number of ether oxygens (including phenoxy) is 1. The summed E-state index contributed by atoms with van der Waals surface area (Å²) in [5.41, 5.74) is 0.820. The molecule has 1 saturated heterocycles. The Kier molecular flexibility index (Phi) is 2.30. The quantitative estimate of drug-likeness (QED) is 0.781. The summed E-state index contributed by atoms with van der Waals surface area (Å²) in [6.45, 7) is 0. The SMILES string of the molecule is O=C1NC(=S)OC1c1ccc2ccccc2c1. The zero-order chi connectivity index (χ0) is 11.8. The van der Waals surface area contributed by atoms with Crippen LogP contribution < -0.4 is 5.32 Å². The number of fused-ring (bicyclic) bond motifs is 1. The summed E-state index contributed by atoms with van der Waals surface area (Å²) in [5, 5.41) is 4.85. The molecule has 84 valence electrons. The number of hydrogen-bond donors (Lipinski definition) is 1. The fourth-order valence-corrected chi connectivity index (χ4v) is 2.14. The van der Waals surface area contributed by atoms with Gasteiger partial charge in [0.1, 0.15) is 0 Å².